The molecule has 0 amide bonds. The van der Waals surface area contributed by atoms with E-state index < -0.39 is 0 Å². The molecule has 15 rings (SSSR count). The molecule has 0 saturated heterocycles. The van der Waals surface area contributed by atoms with E-state index in [2.05, 4.69) is 180 Å². The van der Waals surface area contributed by atoms with Crippen LogP contribution in [-0.2, 0) is 0 Å². The summed E-state index contributed by atoms with van der Waals surface area (Å²) in [5.74, 6) is 1.65. The first-order chi connectivity index (χ1) is 33.2. The second-order valence-corrected chi connectivity index (χ2v) is 17.5. The molecule has 0 spiro atoms. The molecule has 6 nitrogen and oxygen atoms in total. The topological polar surface area (TPSA) is 69.9 Å². The largest absolute Gasteiger partial charge is 0.456 e. The normalized spacial score (nSPS) is 12.2. The van der Waals surface area contributed by atoms with E-state index in [0.717, 1.165) is 93.2 Å². The summed E-state index contributed by atoms with van der Waals surface area (Å²) >= 11 is 0. The standard InChI is InChI=1S/C61H34N4O2/c1-2-14-36-29-41(28-27-35(36)13-1)59-62-60(46-23-12-26-54-57(46)44-21-9-10-25-53(44)66-54)64-61(63-59)47-24-11-22-45-56-43-20-8-7-19-42(43)52(34-55(56)67-58(45)47)65-50-32-39-17-5-3-15-37(39)30-48(50)49-31-38-16-4-6-18-40(38)33-51(49)65/h1-34H. The van der Waals surface area contributed by atoms with E-state index >= 15 is 0 Å². The van der Waals surface area contributed by atoms with Gasteiger partial charge in [0.1, 0.15) is 22.3 Å². The Balaban J connectivity index is 1.01. The SMILES string of the molecule is c1ccc2cc(-c3nc(-c4cccc5c4oc4cc(-n6c7cc8ccccc8cc7c7cc8ccccc8cc76)c6ccccc6c45)nc(-c4cccc5oc6ccccc6c45)n3)ccc2c1. The Morgan fingerprint density at radius 2 is 0.851 bits per heavy atom. The van der Waals surface area contributed by atoms with Crippen molar-refractivity contribution in [2.75, 3.05) is 0 Å². The van der Waals surface area contributed by atoms with Crippen LogP contribution in [-0.4, -0.2) is 19.5 Å². The van der Waals surface area contributed by atoms with Crippen molar-refractivity contribution >= 4 is 109 Å². The third-order valence-electron chi connectivity index (χ3n) is 13.8. The molecule has 0 bridgehead atoms. The third kappa shape index (κ3) is 5.35. The van der Waals surface area contributed by atoms with Gasteiger partial charge < -0.3 is 13.4 Å². The smallest absolute Gasteiger partial charge is 0.167 e. The van der Waals surface area contributed by atoms with E-state index in [9.17, 15) is 0 Å². The molecule has 15 aromatic rings. The molecule has 0 N–H and O–H groups in total. The van der Waals surface area contributed by atoms with Crippen LogP contribution in [0.15, 0.2) is 215 Å². The molecule has 0 aliphatic rings. The molecule has 310 valence electrons. The second kappa shape index (κ2) is 13.7. The molecule has 0 aliphatic carbocycles. The summed E-state index contributed by atoms with van der Waals surface area (Å²) in [5, 5.41) is 15.7. The number of rotatable bonds is 4. The van der Waals surface area contributed by atoms with Crippen LogP contribution in [0.4, 0.5) is 0 Å². The minimum Gasteiger partial charge on any atom is -0.456 e. The number of hydrogen-bond donors (Lipinski definition) is 0. The molecular weight excluding hydrogens is 821 g/mol. The fraction of sp³-hybridized carbons (Fsp3) is 0. The van der Waals surface area contributed by atoms with Crippen LogP contribution in [0.3, 0.4) is 0 Å². The van der Waals surface area contributed by atoms with Crippen molar-refractivity contribution in [1.82, 2.24) is 19.5 Å². The van der Waals surface area contributed by atoms with Crippen LogP contribution in [0.25, 0.3) is 149 Å². The Hall–Kier alpha value is -9.13. The van der Waals surface area contributed by atoms with Crippen molar-refractivity contribution in [3.63, 3.8) is 0 Å². The van der Waals surface area contributed by atoms with Gasteiger partial charge in [-0.3, -0.25) is 0 Å². The van der Waals surface area contributed by atoms with Gasteiger partial charge in [-0.2, -0.15) is 0 Å². The maximum Gasteiger partial charge on any atom is 0.167 e. The monoisotopic (exact) mass is 854 g/mol. The lowest BCUT2D eigenvalue weighted by Crippen LogP contribution is -2.00. The van der Waals surface area contributed by atoms with Crippen LogP contribution in [0.1, 0.15) is 0 Å². The molecular formula is C61H34N4O2. The average Bonchev–Trinajstić information content (AvgIpc) is 4.06. The summed E-state index contributed by atoms with van der Waals surface area (Å²) in [6, 6.07) is 72.8. The average molecular weight is 855 g/mol. The number of benzene rings is 11. The summed E-state index contributed by atoms with van der Waals surface area (Å²) < 4.78 is 16.0. The first kappa shape index (κ1) is 36.2. The summed E-state index contributed by atoms with van der Waals surface area (Å²) in [5.41, 5.74) is 8.97. The molecule has 0 radical (unpaired) electrons. The van der Waals surface area contributed by atoms with Crippen molar-refractivity contribution in [2.45, 2.75) is 0 Å². The van der Waals surface area contributed by atoms with E-state index in [1.54, 1.807) is 0 Å². The Bertz CT molecular complexity index is 4500. The molecule has 67 heavy (non-hydrogen) atoms. The summed E-state index contributed by atoms with van der Waals surface area (Å²) in [6.07, 6.45) is 0. The van der Waals surface area contributed by atoms with E-state index in [0.29, 0.717) is 23.1 Å². The van der Waals surface area contributed by atoms with E-state index in [-0.39, 0.29) is 0 Å². The fourth-order valence-corrected chi connectivity index (χ4v) is 10.7. The highest BCUT2D eigenvalue weighted by molar-refractivity contribution is 6.24. The van der Waals surface area contributed by atoms with Gasteiger partial charge in [0.15, 0.2) is 17.5 Å². The Kier molecular flexibility index (Phi) is 7.40. The van der Waals surface area contributed by atoms with Crippen LogP contribution in [0.2, 0.25) is 0 Å². The summed E-state index contributed by atoms with van der Waals surface area (Å²) in [7, 11) is 0. The molecule has 0 fully saturated rings. The minimum absolute atomic E-state index is 0.522. The van der Waals surface area contributed by atoms with Crippen molar-refractivity contribution in [2.24, 2.45) is 0 Å². The van der Waals surface area contributed by atoms with Gasteiger partial charge in [-0.15, -0.1) is 0 Å². The third-order valence-corrected chi connectivity index (χ3v) is 13.8. The molecule has 11 aromatic carbocycles. The van der Waals surface area contributed by atoms with Crippen LogP contribution in [0, 0.1) is 0 Å². The fourth-order valence-electron chi connectivity index (χ4n) is 10.7. The van der Waals surface area contributed by atoms with Crippen LogP contribution in [0.5, 0.6) is 0 Å². The van der Waals surface area contributed by atoms with Gasteiger partial charge in [0.25, 0.3) is 0 Å². The Morgan fingerprint density at radius 1 is 0.313 bits per heavy atom. The Labute approximate surface area is 381 Å². The zero-order chi connectivity index (χ0) is 43.7. The van der Waals surface area contributed by atoms with Crippen molar-refractivity contribution in [3.8, 4) is 39.9 Å². The zero-order valence-electron chi connectivity index (χ0n) is 35.7. The highest BCUT2D eigenvalue weighted by atomic mass is 16.3. The van der Waals surface area contributed by atoms with Crippen LogP contribution >= 0.6 is 0 Å². The number of hydrogen-bond acceptors (Lipinski definition) is 5. The second-order valence-electron chi connectivity index (χ2n) is 17.5. The van der Waals surface area contributed by atoms with Gasteiger partial charge in [-0.05, 0) is 86.2 Å². The van der Waals surface area contributed by atoms with Gasteiger partial charge in [-0.25, -0.2) is 15.0 Å². The minimum atomic E-state index is 0.522. The zero-order valence-corrected chi connectivity index (χ0v) is 35.7. The molecule has 0 atom stereocenters. The number of nitrogens with zero attached hydrogens (tertiary/aromatic N) is 4. The predicted molar refractivity (Wildman–Crippen MR) is 275 cm³/mol. The predicted octanol–water partition coefficient (Wildman–Crippen LogP) is 16.4. The van der Waals surface area contributed by atoms with E-state index in [1.165, 1.54) is 32.3 Å². The highest BCUT2D eigenvalue weighted by Gasteiger charge is 2.24. The summed E-state index contributed by atoms with van der Waals surface area (Å²) in [6.45, 7) is 0. The van der Waals surface area contributed by atoms with Gasteiger partial charge >= 0.3 is 0 Å². The van der Waals surface area contributed by atoms with Gasteiger partial charge in [0.2, 0.25) is 0 Å². The first-order valence-electron chi connectivity index (χ1n) is 22.6. The van der Waals surface area contributed by atoms with Gasteiger partial charge in [0.05, 0.1) is 22.3 Å². The van der Waals surface area contributed by atoms with Crippen molar-refractivity contribution in [3.05, 3.63) is 206 Å². The quantitative estimate of drug-likeness (QED) is 0.176. The lowest BCUT2D eigenvalue weighted by atomic mass is 10.0. The number of para-hydroxylation sites is 2. The lowest BCUT2D eigenvalue weighted by molar-refractivity contribution is 0.668. The number of fused-ring (bicyclic) bond motifs is 14. The molecule has 0 aliphatic heterocycles. The molecule has 4 heterocycles. The maximum atomic E-state index is 7.19. The number of aromatic nitrogens is 4. The first-order valence-corrected chi connectivity index (χ1v) is 22.6. The highest BCUT2D eigenvalue weighted by Crippen LogP contribution is 2.45. The van der Waals surface area contributed by atoms with Crippen molar-refractivity contribution < 1.29 is 8.83 Å². The molecule has 4 aromatic heterocycles. The van der Waals surface area contributed by atoms with Gasteiger partial charge in [0, 0.05) is 54.9 Å². The Morgan fingerprint density at radius 3 is 1.58 bits per heavy atom. The van der Waals surface area contributed by atoms with E-state index in [4.69, 9.17) is 23.8 Å². The molecule has 0 unspecified atom stereocenters. The van der Waals surface area contributed by atoms with Crippen molar-refractivity contribution in [1.29, 1.82) is 0 Å². The van der Waals surface area contributed by atoms with Gasteiger partial charge in [-0.1, -0.05) is 152 Å². The molecule has 0 saturated carbocycles. The lowest BCUT2D eigenvalue weighted by Gasteiger charge is -2.13. The van der Waals surface area contributed by atoms with Crippen LogP contribution < -0.4 is 0 Å². The number of furan rings is 2. The molecule has 6 heteroatoms. The maximum absolute atomic E-state index is 7.19. The van der Waals surface area contributed by atoms with E-state index in [1.807, 2.05) is 30.3 Å². The summed E-state index contributed by atoms with van der Waals surface area (Å²) in [4.78, 5) is 15.9.